The molecule has 0 spiro atoms. The molecule has 106 valence electrons. The van der Waals surface area contributed by atoms with E-state index < -0.39 is 0 Å². The fourth-order valence-corrected chi connectivity index (χ4v) is 2.78. The molecule has 0 radical (unpaired) electrons. The van der Waals surface area contributed by atoms with Crippen LogP contribution in [0.25, 0.3) is 10.9 Å². The second-order valence-electron chi connectivity index (χ2n) is 5.57. The van der Waals surface area contributed by atoms with Crippen LogP contribution in [0.1, 0.15) is 12.5 Å². The molecule has 0 amide bonds. The molecule has 2 N–H and O–H groups in total. The number of piperazine rings is 1. The maximum atomic E-state index is 5.87. The zero-order valence-electron chi connectivity index (χ0n) is 12.3. The first-order chi connectivity index (χ1) is 9.67. The smallest absolute Gasteiger partial charge is 0.132 e. The first-order valence-corrected chi connectivity index (χ1v) is 7.30. The zero-order chi connectivity index (χ0) is 14.1. The summed E-state index contributed by atoms with van der Waals surface area (Å²) in [7, 11) is 2.18. The van der Waals surface area contributed by atoms with Crippen LogP contribution in [-0.4, -0.2) is 43.1 Å². The molecule has 3 rings (SSSR count). The summed E-state index contributed by atoms with van der Waals surface area (Å²) >= 11 is 0. The lowest BCUT2D eigenvalue weighted by molar-refractivity contribution is 0.312. The Labute approximate surface area is 120 Å². The molecule has 0 unspecified atom stereocenters. The summed E-state index contributed by atoms with van der Waals surface area (Å²) in [4.78, 5) is 9.66. The monoisotopic (exact) mass is 270 g/mol. The summed E-state index contributed by atoms with van der Waals surface area (Å²) in [5, 5.41) is 1.14. The minimum absolute atomic E-state index is 0.800. The first-order valence-electron chi connectivity index (χ1n) is 7.30. The molecule has 1 fully saturated rings. The van der Waals surface area contributed by atoms with E-state index in [9.17, 15) is 0 Å². The van der Waals surface area contributed by atoms with Crippen molar-refractivity contribution in [3.63, 3.8) is 0 Å². The van der Waals surface area contributed by atoms with Crippen molar-refractivity contribution in [3.8, 4) is 0 Å². The van der Waals surface area contributed by atoms with Gasteiger partial charge in [0.15, 0.2) is 0 Å². The van der Waals surface area contributed by atoms with Gasteiger partial charge in [-0.15, -0.1) is 0 Å². The van der Waals surface area contributed by atoms with Crippen molar-refractivity contribution in [1.29, 1.82) is 0 Å². The van der Waals surface area contributed by atoms with E-state index in [0.717, 1.165) is 55.0 Å². The normalized spacial score (nSPS) is 16.8. The Kier molecular flexibility index (Phi) is 3.49. The van der Waals surface area contributed by atoms with Crippen LogP contribution < -0.4 is 10.6 Å². The van der Waals surface area contributed by atoms with Gasteiger partial charge >= 0.3 is 0 Å². The molecule has 0 bridgehead atoms. The van der Waals surface area contributed by atoms with E-state index in [1.54, 1.807) is 0 Å². The average molecular weight is 270 g/mol. The van der Waals surface area contributed by atoms with Gasteiger partial charge in [0.05, 0.1) is 5.52 Å². The minimum Gasteiger partial charge on any atom is -0.399 e. The fourth-order valence-electron chi connectivity index (χ4n) is 2.78. The molecule has 1 aromatic heterocycles. The van der Waals surface area contributed by atoms with E-state index in [4.69, 9.17) is 10.7 Å². The third-order valence-electron chi connectivity index (χ3n) is 4.08. The number of benzene rings is 1. The Morgan fingerprint density at radius 3 is 2.60 bits per heavy atom. The topological polar surface area (TPSA) is 45.4 Å². The number of nitrogens with zero attached hydrogens (tertiary/aromatic N) is 3. The van der Waals surface area contributed by atoms with Crippen LogP contribution in [0.2, 0.25) is 0 Å². The molecular formula is C16H22N4. The van der Waals surface area contributed by atoms with Gasteiger partial charge in [0.25, 0.3) is 0 Å². The molecule has 1 aromatic carbocycles. The van der Waals surface area contributed by atoms with E-state index in [1.807, 2.05) is 18.2 Å². The number of anilines is 2. The summed E-state index contributed by atoms with van der Waals surface area (Å²) in [6.07, 6.45) is 0.999. The second kappa shape index (κ2) is 5.29. The van der Waals surface area contributed by atoms with Gasteiger partial charge in [-0.2, -0.15) is 0 Å². The minimum atomic E-state index is 0.800. The lowest BCUT2D eigenvalue weighted by atomic mass is 10.1. The fraction of sp³-hybridized carbons (Fsp3) is 0.438. The average Bonchev–Trinajstić information content (AvgIpc) is 2.46. The summed E-state index contributed by atoms with van der Waals surface area (Å²) in [5.74, 6) is 1.15. The van der Waals surface area contributed by atoms with Crippen molar-refractivity contribution in [2.75, 3.05) is 43.9 Å². The van der Waals surface area contributed by atoms with Crippen LogP contribution in [0, 0.1) is 0 Å². The van der Waals surface area contributed by atoms with Crippen molar-refractivity contribution in [3.05, 3.63) is 29.8 Å². The van der Waals surface area contributed by atoms with Gasteiger partial charge in [-0.3, -0.25) is 0 Å². The Morgan fingerprint density at radius 1 is 1.15 bits per heavy atom. The predicted molar refractivity (Wildman–Crippen MR) is 85.2 cm³/mol. The number of pyridine rings is 1. The number of nitrogen functional groups attached to an aromatic ring is 1. The van der Waals surface area contributed by atoms with Gasteiger partial charge in [-0.25, -0.2) is 4.98 Å². The SMILES string of the molecule is CCc1cc2cc(N)ccc2nc1N1CCN(C)CC1. The molecule has 1 saturated heterocycles. The number of aryl methyl sites for hydroxylation is 1. The largest absolute Gasteiger partial charge is 0.399 e. The Morgan fingerprint density at radius 2 is 1.90 bits per heavy atom. The maximum Gasteiger partial charge on any atom is 0.132 e. The van der Waals surface area contributed by atoms with Crippen LogP contribution in [0.5, 0.6) is 0 Å². The highest BCUT2D eigenvalue weighted by molar-refractivity contribution is 5.84. The quantitative estimate of drug-likeness (QED) is 0.849. The zero-order valence-corrected chi connectivity index (χ0v) is 12.3. The highest BCUT2D eigenvalue weighted by Gasteiger charge is 2.18. The van der Waals surface area contributed by atoms with Crippen molar-refractivity contribution >= 4 is 22.4 Å². The van der Waals surface area contributed by atoms with Gasteiger partial charge in [0.1, 0.15) is 5.82 Å². The molecule has 0 atom stereocenters. The molecule has 2 aromatic rings. The van der Waals surface area contributed by atoms with Crippen LogP contribution in [0.3, 0.4) is 0 Å². The number of nitrogens with two attached hydrogens (primary N) is 1. The van der Waals surface area contributed by atoms with Crippen molar-refractivity contribution < 1.29 is 0 Å². The van der Waals surface area contributed by atoms with Crippen LogP contribution >= 0.6 is 0 Å². The van der Waals surface area contributed by atoms with E-state index in [-0.39, 0.29) is 0 Å². The highest BCUT2D eigenvalue weighted by Crippen LogP contribution is 2.26. The number of hydrogen-bond donors (Lipinski definition) is 1. The molecule has 2 heterocycles. The molecule has 1 aliphatic heterocycles. The molecule has 1 aliphatic rings. The Hall–Kier alpha value is -1.81. The van der Waals surface area contributed by atoms with Crippen molar-refractivity contribution in [2.45, 2.75) is 13.3 Å². The van der Waals surface area contributed by atoms with Crippen LogP contribution in [-0.2, 0) is 6.42 Å². The molecule has 4 heteroatoms. The number of rotatable bonds is 2. The summed E-state index contributed by atoms with van der Waals surface area (Å²) in [5.41, 5.74) is 9.01. The molecule has 20 heavy (non-hydrogen) atoms. The van der Waals surface area contributed by atoms with E-state index >= 15 is 0 Å². The van der Waals surface area contributed by atoms with Crippen molar-refractivity contribution in [2.24, 2.45) is 0 Å². The number of likely N-dealkylation sites (N-methyl/N-ethyl adjacent to an activating group) is 1. The third-order valence-corrected chi connectivity index (χ3v) is 4.08. The lowest BCUT2D eigenvalue weighted by Gasteiger charge is -2.34. The summed E-state index contributed by atoms with van der Waals surface area (Å²) in [6.45, 7) is 6.50. The van der Waals surface area contributed by atoms with Crippen LogP contribution in [0.15, 0.2) is 24.3 Å². The number of hydrogen-bond acceptors (Lipinski definition) is 4. The Bertz CT molecular complexity index is 615. The van der Waals surface area contributed by atoms with E-state index in [2.05, 4.69) is 29.8 Å². The van der Waals surface area contributed by atoms with Gasteiger partial charge in [0.2, 0.25) is 0 Å². The van der Waals surface area contributed by atoms with Crippen molar-refractivity contribution in [1.82, 2.24) is 9.88 Å². The van der Waals surface area contributed by atoms with Gasteiger partial charge < -0.3 is 15.5 Å². The van der Waals surface area contributed by atoms with E-state index in [0.29, 0.717) is 0 Å². The lowest BCUT2D eigenvalue weighted by Crippen LogP contribution is -2.45. The summed E-state index contributed by atoms with van der Waals surface area (Å²) in [6, 6.07) is 8.19. The molecule has 4 nitrogen and oxygen atoms in total. The van der Waals surface area contributed by atoms with Gasteiger partial charge in [0, 0.05) is 37.3 Å². The predicted octanol–water partition coefficient (Wildman–Crippen LogP) is 2.13. The molecular weight excluding hydrogens is 248 g/mol. The molecule has 0 aliphatic carbocycles. The molecule has 0 saturated carbocycles. The highest BCUT2D eigenvalue weighted by atomic mass is 15.3. The maximum absolute atomic E-state index is 5.87. The summed E-state index contributed by atoms with van der Waals surface area (Å²) < 4.78 is 0. The van der Waals surface area contributed by atoms with Gasteiger partial charge in [-0.1, -0.05) is 6.92 Å². The number of fused-ring (bicyclic) bond motifs is 1. The Balaban J connectivity index is 2.03. The van der Waals surface area contributed by atoms with E-state index in [1.165, 1.54) is 5.56 Å². The van der Waals surface area contributed by atoms with Crippen LogP contribution in [0.4, 0.5) is 11.5 Å². The first kappa shape index (κ1) is 13.2. The van der Waals surface area contributed by atoms with Gasteiger partial charge in [-0.05, 0) is 43.3 Å². The second-order valence-corrected chi connectivity index (χ2v) is 5.57. The third kappa shape index (κ3) is 2.43. The standard InChI is InChI=1S/C16H22N4/c1-3-12-10-13-11-14(17)4-5-15(13)18-16(12)20-8-6-19(2)7-9-20/h4-5,10-11H,3,6-9,17H2,1-2H3. The number of aromatic nitrogens is 1.